The van der Waals surface area contributed by atoms with Gasteiger partial charge in [0.1, 0.15) is 0 Å². The van der Waals surface area contributed by atoms with Crippen molar-refractivity contribution >= 4 is 21.8 Å². The van der Waals surface area contributed by atoms with Crippen LogP contribution in [0.25, 0.3) is 0 Å². The molecule has 0 aromatic heterocycles. The monoisotopic (exact) mass is 233 g/mol. The van der Waals surface area contributed by atoms with Gasteiger partial charge in [0, 0.05) is 5.69 Å². The van der Waals surface area contributed by atoms with Crippen LogP contribution in [0.3, 0.4) is 0 Å². The molecule has 1 aromatic carbocycles. The summed E-state index contributed by atoms with van der Waals surface area (Å²) in [6, 6.07) is 6.36. The van der Waals surface area contributed by atoms with E-state index in [4.69, 9.17) is 15.4 Å². The number of aromatic carboxylic acids is 1. The number of rotatable bonds is 1. The van der Waals surface area contributed by atoms with Crippen molar-refractivity contribution < 1.29 is 22.9 Å². The molecule has 0 bridgehead atoms. The molecule has 84 valence electrons. The van der Waals surface area contributed by atoms with Crippen LogP contribution in [0.15, 0.2) is 24.3 Å². The van der Waals surface area contributed by atoms with Crippen molar-refractivity contribution in [2.75, 3.05) is 12.0 Å². The summed E-state index contributed by atoms with van der Waals surface area (Å²) < 4.78 is 25.9. The molecule has 0 saturated heterocycles. The van der Waals surface area contributed by atoms with E-state index in [1.165, 1.54) is 6.07 Å². The Morgan fingerprint density at radius 2 is 1.73 bits per heavy atom. The van der Waals surface area contributed by atoms with Crippen LogP contribution in [0, 0.1) is 0 Å². The summed E-state index contributed by atoms with van der Waals surface area (Å²) >= 11 is 0. The maximum absolute atomic E-state index is 10.3. The number of para-hydroxylation sites is 1. The van der Waals surface area contributed by atoms with Crippen LogP contribution < -0.4 is 5.73 Å². The van der Waals surface area contributed by atoms with Crippen molar-refractivity contribution in [2.45, 2.75) is 0 Å². The number of hydrogen-bond donors (Lipinski definition) is 3. The molecule has 15 heavy (non-hydrogen) atoms. The second-order valence-corrected chi connectivity index (χ2v) is 4.09. The Kier molecular flexibility index (Phi) is 4.75. The Labute approximate surface area is 87.1 Å². The number of nitrogen functional groups attached to an aromatic ring is 1. The van der Waals surface area contributed by atoms with E-state index in [0.717, 1.165) is 0 Å². The molecular weight excluding hydrogens is 222 g/mol. The number of carboxylic acids is 1. The molecule has 0 fully saturated rings. The third-order valence-corrected chi connectivity index (χ3v) is 1.19. The van der Waals surface area contributed by atoms with E-state index in [-0.39, 0.29) is 5.56 Å². The van der Waals surface area contributed by atoms with E-state index >= 15 is 0 Å². The smallest absolute Gasteiger partial charge is 0.337 e. The first kappa shape index (κ1) is 13.4. The van der Waals surface area contributed by atoms with Crippen LogP contribution in [0.1, 0.15) is 10.4 Å². The van der Waals surface area contributed by atoms with Crippen molar-refractivity contribution in [1.82, 2.24) is 0 Å². The van der Waals surface area contributed by atoms with Gasteiger partial charge in [-0.25, -0.2) is 4.79 Å². The summed E-state index contributed by atoms with van der Waals surface area (Å²) in [5.74, 6) is -0.988. The fourth-order valence-electron chi connectivity index (χ4n) is 0.692. The molecule has 6 nitrogen and oxygen atoms in total. The molecule has 0 radical (unpaired) electrons. The number of anilines is 1. The van der Waals surface area contributed by atoms with E-state index in [2.05, 4.69) is 0 Å². The molecule has 0 aliphatic heterocycles. The van der Waals surface area contributed by atoms with Gasteiger partial charge in [-0.2, -0.15) is 8.42 Å². The lowest BCUT2D eigenvalue weighted by atomic mass is 10.2. The summed E-state index contributed by atoms with van der Waals surface area (Å²) in [6.45, 7) is 0. The second kappa shape index (κ2) is 5.32. The van der Waals surface area contributed by atoms with Crippen molar-refractivity contribution in [3.05, 3.63) is 29.8 Å². The number of carbonyl (C=O) groups is 1. The maximum Gasteiger partial charge on any atom is 0.337 e. The van der Waals surface area contributed by atoms with Crippen LogP contribution in [0.4, 0.5) is 5.69 Å². The van der Waals surface area contributed by atoms with Gasteiger partial charge >= 0.3 is 5.97 Å². The minimum Gasteiger partial charge on any atom is -0.478 e. The van der Waals surface area contributed by atoms with Gasteiger partial charge in [0.2, 0.25) is 0 Å². The Bertz CT molecular complexity index is 432. The zero-order valence-electron chi connectivity index (χ0n) is 7.91. The van der Waals surface area contributed by atoms with E-state index in [9.17, 15) is 13.2 Å². The van der Waals surface area contributed by atoms with E-state index < -0.39 is 16.1 Å². The van der Waals surface area contributed by atoms with E-state index in [0.29, 0.717) is 11.9 Å². The molecule has 0 spiro atoms. The predicted octanol–water partition coefficient (Wildman–Crippen LogP) is 0.471. The van der Waals surface area contributed by atoms with Gasteiger partial charge in [0.15, 0.2) is 0 Å². The molecule has 1 rings (SSSR count). The quantitative estimate of drug-likeness (QED) is 0.479. The minimum absolute atomic E-state index is 0.155. The fourth-order valence-corrected chi connectivity index (χ4v) is 0.692. The van der Waals surface area contributed by atoms with E-state index in [1.54, 1.807) is 18.2 Å². The Hall–Kier alpha value is -1.60. The maximum atomic E-state index is 10.3. The third-order valence-electron chi connectivity index (χ3n) is 1.19. The van der Waals surface area contributed by atoms with Crippen molar-refractivity contribution in [1.29, 1.82) is 0 Å². The molecule has 1 aromatic rings. The molecule has 4 N–H and O–H groups in total. The molecule has 0 atom stereocenters. The van der Waals surface area contributed by atoms with Gasteiger partial charge in [-0.05, 0) is 12.1 Å². The van der Waals surface area contributed by atoms with Gasteiger partial charge in [-0.3, -0.25) is 4.55 Å². The summed E-state index contributed by atoms with van der Waals surface area (Å²) in [6.07, 6.45) is 0.715. The highest BCUT2D eigenvalue weighted by atomic mass is 32.2. The Morgan fingerprint density at radius 3 is 2.00 bits per heavy atom. The fraction of sp³-hybridized carbons (Fsp3) is 0.125. The summed E-state index contributed by atoms with van der Waals surface area (Å²) in [5.41, 5.74) is 5.80. The third kappa shape index (κ3) is 7.47. The lowest BCUT2D eigenvalue weighted by molar-refractivity contribution is 0.0698. The lowest BCUT2D eigenvalue weighted by Gasteiger charge is -1.96. The second-order valence-electron chi connectivity index (χ2n) is 2.63. The normalized spacial score (nSPS) is 10.0. The standard InChI is InChI=1S/C7H7NO2.CH4O3S/c8-6-4-2-1-3-5(6)7(9)10;1-5(2,3)4/h1-4H,8H2,(H,9,10);1H3,(H,2,3,4). The van der Waals surface area contributed by atoms with Crippen LogP contribution in [0.5, 0.6) is 0 Å². The van der Waals surface area contributed by atoms with Gasteiger partial charge in [0.25, 0.3) is 10.1 Å². The van der Waals surface area contributed by atoms with E-state index in [1.807, 2.05) is 0 Å². The summed E-state index contributed by atoms with van der Waals surface area (Å²) in [4.78, 5) is 10.3. The molecule has 0 heterocycles. The molecule has 0 aliphatic rings. The van der Waals surface area contributed by atoms with Gasteiger partial charge in [-0.1, -0.05) is 12.1 Å². The Morgan fingerprint density at radius 1 is 1.33 bits per heavy atom. The van der Waals surface area contributed by atoms with Crippen LogP contribution in [-0.4, -0.2) is 30.3 Å². The molecule has 0 unspecified atom stereocenters. The zero-order chi connectivity index (χ0) is 12.1. The van der Waals surface area contributed by atoms with Crippen LogP contribution in [0.2, 0.25) is 0 Å². The molecule has 0 saturated carbocycles. The number of nitrogens with two attached hydrogens (primary N) is 1. The molecular formula is C8H11NO5S. The Balaban J connectivity index is 0.000000336. The molecule has 7 heteroatoms. The first-order valence-corrected chi connectivity index (χ1v) is 5.57. The largest absolute Gasteiger partial charge is 0.478 e. The predicted molar refractivity (Wildman–Crippen MR) is 55.3 cm³/mol. The van der Waals surface area contributed by atoms with Gasteiger partial charge in [0.05, 0.1) is 11.8 Å². The first-order valence-electron chi connectivity index (χ1n) is 3.72. The number of carboxylic acid groups (broad SMARTS) is 1. The topological polar surface area (TPSA) is 118 Å². The minimum atomic E-state index is -3.67. The molecule has 0 amide bonds. The average molecular weight is 233 g/mol. The van der Waals surface area contributed by atoms with Crippen molar-refractivity contribution in [3.63, 3.8) is 0 Å². The average Bonchev–Trinajstić information content (AvgIpc) is 2.01. The highest BCUT2D eigenvalue weighted by molar-refractivity contribution is 7.85. The zero-order valence-corrected chi connectivity index (χ0v) is 8.73. The molecule has 0 aliphatic carbocycles. The van der Waals surface area contributed by atoms with Crippen LogP contribution in [-0.2, 0) is 10.1 Å². The van der Waals surface area contributed by atoms with Gasteiger partial charge < -0.3 is 10.8 Å². The van der Waals surface area contributed by atoms with Crippen molar-refractivity contribution in [3.8, 4) is 0 Å². The van der Waals surface area contributed by atoms with Gasteiger partial charge in [-0.15, -0.1) is 0 Å². The van der Waals surface area contributed by atoms with Crippen molar-refractivity contribution in [2.24, 2.45) is 0 Å². The highest BCUT2D eigenvalue weighted by Crippen LogP contribution is 2.08. The lowest BCUT2D eigenvalue weighted by Crippen LogP contribution is -2.00. The number of hydrogen-bond acceptors (Lipinski definition) is 4. The summed E-state index contributed by atoms with van der Waals surface area (Å²) in [5, 5.41) is 8.49. The summed E-state index contributed by atoms with van der Waals surface area (Å²) in [7, 11) is -3.67. The highest BCUT2D eigenvalue weighted by Gasteiger charge is 2.03. The van der Waals surface area contributed by atoms with Crippen LogP contribution >= 0.6 is 0 Å². The SMILES string of the molecule is CS(=O)(=O)O.Nc1ccccc1C(=O)O. The number of benzene rings is 1. The first-order chi connectivity index (χ1) is 6.72.